The van der Waals surface area contributed by atoms with E-state index in [2.05, 4.69) is 5.32 Å². The van der Waals surface area contributed by atoms with Gasteiger partial charge in [0.05, 0.1) is 12.2 Å². The molecule has 0 aliphatic carbocycles. The molecule has 0 aliphatic heterocycles. The molecule has 1 aromatic heterocycles. The van der Waals surface area contributed by atoms with Crippen molar-refractivity contribution in [3.05, 3.63) is 64.4 Å². The molecule has 0 saturated carbocycles. The first kappa shape index (κ1) is 16.5. The van der Waals surface area contributed by atoms with Crippen LogP contribution in [0.2, 0.25) is 0 Å². The highest BCUT2D eigenvalue weighted by molar-refractivity contribution is 7.10. The summed E-state index contributed by atoms with van der Waals surface area (Å²) in [5.41, 5.74) is 0.508. The van der Waals surface area contributed by atoms with Gasteiger partial charge in [-0.1, -0.05) is 36.4 Å². The lowest BCUT2D eigenvalue weighted by atomic mass is 10.0. The van der Waals surface area contributed by atoms with Crippen molar-refractivity contribution >= 4 is 28.0 Å². The van der Waals surface area contributed by atoms with Crippen LogP contribution in [0, 0.1) is 0 Å². The van der Waals surface area contributed by atoms with Gasteiger partial charge in [-0.2, -0.15) is 0 Å². The molecule has 3 rings (SSSR count). The third-order valence-electron chi connectivity index (χ3n) is 3.75. The average molecular weight is 341 g/mol. The molecule has 0 aliphatic rings. The summed E-state index contributed by atoms with van der Waals surface area (Å²) in [4.78, 5) is 13.6. The first-order chi connectivity index (χ1) is 11.7. The number of hydrogen-bond donors (Lipinski definition) is 2. The number of amides is 1. The van der Waals surface area contributed by atoms with Gasteiger partial charge in [-0.3, -0.25) is 4.79 Å². The van der Waals surface area contributed by atoms with E-state index in [0.29, 0.717) is 17.9 Å². The average Bonchev–Trinajstić information content (AvgIpc) is 3.14. The monoisotopic (exact) mass is 341 g/mol. The fraction of sp³-hybridized carbons (Fsp3) is 0.211. The number of hydrogen-bond acceptors (Lipinski definition) is 4. The number of aliphatic hydroxyl groups is 1. The van der Waals surface area contributed by atoms with Crippen LogP contribution in [0.3, 0.4) is 0 Å². The molecule has 0 bridgehead atoms. The van der Waals surface area contributed by atoms with Gasteiger partial charge in [0, 0.05) is 11.4 Å². The summed E-state index contributed by atoms with van der Waals surface area (Å²) in [6.45, 7) is 2.53. The van der Waals surface area contributed by atoms with Gasteiger partial charge in [0.15, 0.2) is 0 Å². The first-order valence-corrected chi connectivity index (χ1v) is 8.73. The Morgan fingerprint density at radius 2 is 2.04 bits per heavy atom. The number of aliphatic hydroxyl groups excluding tert-OH is 1. The molecule has 5 heteroatoms. The standard InChI is InChI=1S/C19H19NO3S/c1-2-23-16-10-9-13-6-3-4-7-14(13)18(16)19(22)20-12-15(21)17-8-5-11-24-17/h3-11,15,21H,2,12H2,1H3,(H,20,22). The Kier molecular flexibility index (Phi) is 5.13. The molecule has 2 aromatic carbocycles. The van der Waals surface area contributed by atoms with Gasteiger partial charge >= 0.3 is 0 Å². The molecule has 0 radical (unpaired) electrons. The Morgan fingerprint density at radius 1 is 1.21 bits per heavy atom. The van der Waals surface area contributed by atoms with Gasteiger partial charge in [0.25, 0.3) is 5.91 Å². The second-order valence-electron chi connectivity index (χ2n) is 5.33. The Morgan fingerprint density at radius 3 is 2.79 bits per heavy atom. The lowest BCUT2D eigenvalue weighted by Gasteiger charge is -2.15. The molecule has 24 heavy (non-hydrogen) atoms. The van der Waals surface area contributed by atoms with Crippen molar-refractivity contribution in [3.63, 3.8) is 0 Å². The molecule has 124 valence electrons. The maximum atomic E-state index is 12.7. The Labute approximate surface area is 144 Å². The number of rotatable bonds is 6. The van der Waals surface area contributed by atoms with E-state index in [-0.39, 0.29) is 12.5 Å². The van der Waals surface area contributed by atoms with E-state index in [9.17, 15) is 9.90 Å². The van der Waals surface area contributed by atoms with Crippen molar-refractivity contribution in [1.82, 2.24) is 5.32 Å². The minimum absolute atomic E-state index is 0.161. The molecule has 0 fully saturated rings. The van der Waals surface area contributed by atoms with E-state index in [1.165, 1.54) is 11.3 Å². The lowest BCUT2D eigenvalue weighted by Crippen LogP contribution is -2.28. The van der Waals surface area contributed by atoms with E-state index in [1.54, 1.807) is 0 Å². The summed E-state index contributed by atoms with van der Waals surface area (Å²) in [6.07, 6.45) is -0.709. The summed E-state index contributed by atoms with van der Waals surface area (Å²) in [6, 6.07) is 15.2. The molecule has 1 atom stereocenters. The van der Waals surface area contributed by atoms with Crippen LogP contribution in [-0.2, 0) is 0 Å². The molecule has 0 spiro atoms. The van der Waals surface area contributed by atoms with Crippen LogP contribution in [0.1, 0.15) is 28.3 Å². The molecular weight excluding hydrogens is 322 g/mol. The Balaban J connectivity index is 1.86. The molecular formula is C19H19NO3S. The third-order valence-corrected chi connectivity index (χ3v) is 4.72. The SMILES string of the molecule is CCOc1ccc2ccccc2c1C(=O)NCC(O)c1cccs1. The van der Waals surface area contributed by atoms with Gasteiger partial charge in [-0.15, -0.1) is 11.3 Å². The highest BCUT2D eigenvalue weighted by Crippen LogP contribution is 2.28. The van der Waals surface area contributed by atoms with Gasteiger partial charge in [0.1, 0.15) is 11.9 Å². The summed E-state index contributed by atoms with van der Waals surface area (Å²) < 4.78 is 5.62. The molecule has 1 unspecified atom stereocenters. The predicted molar refractivity (Wildman–Crippen MR) is 96.7 cm³/mol. The highest BCUT2D eigenvalue weighted by Gasteiger charge is 2.18. The van der Waals surface area contributed by atoms with Crippen LogP contribution in [-0.4, -0.2) is 24.2 Å². The van der Waals surface area contributed by atoms with E-state index in [0.717, 1.165) is 15.6 Å². The summed E-state index contributed by atoms with van der Waals surface area (Å²) >= 11 is 1.47. The van der Waals surface area contributed by atoms with Crippen LogP contribution < -0.4 is 10.1 Å². The number of ether oxygens (including phenoxy) is 1. The van der Waals surface area contributed by atoms with Crippen molar-refractivity contribution in [2.75, 3.05) is 13.2 Å². The van der Waals surface area contributed by atoms with Gasteiger partial charge in [-0.25, -0.2) is 0 Å². The van der Waals surface area contributed by atoms with Gasteiger partial charge in [0.2, 0.25) is 0 Å². The van der Waals surface area contributed by atoms with Crippen molar-refractivity contribution in [1.29, 1.82) is 0 Å². The van der Waals surface area contributed by atoms with Crippen LogP contribution in [0.5, 0.6) is 5.75 Å². The number of benzene rings is 2. The smallest absolute Gasteiger partial charge is 0.255 e. The number of nitrogens with one attached hydrogen (secondary N) is 1. The van der Waals surface area contributed by atoms with Crippen molar-refractivity contribution in [2.45, 2.75) is 13.0 Å². The van der Waals surface area contributed by atoms with E-state index in [1.807, 2.05) is 60.8 Å². The Hall–Kier alpha value is -2.37. The summed E-state index contributed by atoms with van der Waals surface area (Å²) in [5.74, 6) is 0.310. The van der Waals surface area contributed by atoms with Crippen molar-refractivity contribution in [2.24, 2.45) is 0 Å². The maximum Gasteiger partial charge on any atom is 0.255 e. The minimum Gasteiger partial charge on any atom is -0.493 e. The zero-order valence-corrected chi connectivity index (χ0v) is 14.2. The molecule has 1 heterocycles. The third kappa shape index (κ3) is 3.42. The predicted octanol–water partition coefficient (Wildman–Crippen LogP) is 3.76. The second kappa shape index (κ2) is 7.47. The lowest BCUT2D eigenvalue weighted by molar-refractivity contribution is 0.0916. The van der Waals surface area contributed by atoms with E-state index < -0.39 is 6.10 Å². The Bertz CT molecular complexity index is 830. The quantitative estimate of drug-likeness (QED) is 0.718. The van der Waals surface area contributed by atoms with Crippen LogP contribution >= 0.6 is 11.3 Å². The molecule has 3 aromatic rings. The number of thiophene rings is 1. The van der Waals surface area contributed by atoms with Crippen LogP contribution in [0.25, 0.3) is 10.8 Å². The number of carbonyl (C=O) groups excluding carboxylic acids is 1. The van der Waals surface area contributed by atoms with Crippen molar-refractivity contribution in [3.8, 4) is 5.75 Å². The maximum absolute atomic E-state index is 12.7. The zero-order valence-electron chi connectivity index (χ0n) is 13.4. The van der Waals surface area contributed by atoms with Crippen molar-refractivity contribution < 1.29 is 14.6 Å². The van der Waals surface area contributed by atoms with Gasteiger partial charge < -0.3 is 15.2 Å². The van der Waals surface area contributed by atoms with Crippen LogP contribution in [0.4, 0.5) is 0 Å². The first-order valence-electron chi connectivity index (χ1n) is 7.85. The highest BCUT2D eigenvalue weighted by atomic mass is 32.1. The van der Waals surface area contributed by atoms with Crippen LogP contribution in [0.15, 0.2) is 53.9 Å². The van der Waals surface area contributed by atoms with E-state index >= 15 is 0 Å². The van der Waals surface area contributed by atoms with Gasteiger partial charge in [-0.05, 0) is 35.2 Å². The zero-order chi connectivity index (χ0) is 16.9. The number of carbonyl (C=O) groups is 1. The normalized spacial score (nSPS) is 12.1. The number of fused-ring (bicyclic) bond motifs is 1. The fourth-order valence-corrected chi connectivity index (χ4v) is 3.33. The molecule has 1 amide bonds. The topological polar surface area (TPSA) is 58.6 Å². The second-order valence-corrected chi connectivity index (χ2v) is 6.31. The fourth-order valence-electron chi connectivity index (χ4n) is 2.62. The summed E-state index contributed by atoms with van der Waals surface area (Å²) in [5, 5.41) is 16.7. The molecule has 4 nitrogen and oxygen atoms in total. The van der Waals surface area contributed by atoms with E-state index in [4.69, 9.17) is 4.74 Å². The molecule has 0 saturated heterocycles. The minimum atomic E-state index is -0.709. The summed E-state index contributed by atoms with van der Waals surface area (Å²) in [7, 11) is 0. The largest absolute Gasteiger partial charge is 0.493 e. The molecule has 2 N–H and O–H groups in total.